The average molecular weight is 395 g/mol. The number of rotatable bonds is 6. The topological polar surface area (TPSA) is 80.3 Å². The highest BCUT2D eigenvalue weighted by molar-refractivity contribution is 7.16. The molecule has 0 radical (unpaired) electrons. The van der Waals surface area contributed by atoms with Crippen LogP contribution >= 0.6 is 11.3 Å². The van der Waals surface area contributed by atoms with Gasteiger partial charge in [0.2, 0.25) is 5.91 Å². The van der Waals surface area contributed by atoms with Crippen molar-refractivity contribution >= 4 is 34.0 Å². The van der Waals surface area contributed by atoms with E-state index in [1.807, 2.05) is 38.1 Å². The second-order valence-corrected chi connectivity index (χ2v) is 7.30. The van der Waals surface area contributed by atoms with Crippen molar-refractivity contribution in [3.8, 4) is 17.0 Å². The van der Waals surface area contributed by atoms with Crippen LogP contribution in [0.25, 0.3) is 11.3 Å². The van der Waals surface area contributed by atoms with Gasteiger partial charge in [0.1, 0.15) is 5.75 Å². The maximum Gasteiger partial charge on any atom is 0.257 e. The number of carbonyl (C=O) groups excluding carboxylic acids is 2. The summed E-state index contributed by atoms with van der Waals surface area (Å²) in [7, 11) is 0. The van der Waals surface area contributed by atoms with Crippen LogP contribution in [0.3, 0.4) is 0 Å². The number of anilines is 2. The van der Waals surface area contributed by atoms with Crippen molar-refractivity contribution in [3.63, 3.8) is 0 Å². The Kier molecular flexibility index (Phi) is 6.06. The smallest absolute Gasteiger partial charge is 0.257 e. The number of amides is 2. The molecule has 28 heavy (non-hydrogen) atoms. The van der Waals surface area contributed by atoms with Gasteiger partial charge in [-0.15, -0.1) is 11.3 Å². The molecule has 0 atom stereocenters. The van der Waals surface area contributed by atoms with Gasteiger partial charge in [0, 0.05) is 28.6 Å². The molecule has 2 amide bonds. The summed E-state index contributed by atoms with van der Waals surface area (Å²) in [5, 5.41) is 6.03. The number of thiazole rings is 1. The zero-order valence-corrected chi connectivity index (χ0v) is 16.7. The number of aryl methyl sites for hydroxylation is 1. The molecule has 1 aromatic heterocycles. The van der Waals surface area contributed by atoms with E-state index in [4.69, 9.17) is 4.74 Å². The molecule has 0 spiro atoms. The van der Waals surface area contributed by atoms with Crippen LogP contribution < -0.4 is 15.4 Å². The first kappa shape index (κ1) is 19.6. The molecule has 0 unspecified atom stereocenters. The average Bonchev–Trinajstić information content (AvgIpc) is 3.02. The number of nitrogens with zero attached hydrogens (tertiary/aromatic N) is 1. The summed E-state index contributed by atoms with van der Waals surface area (Å²) in [5.41, 5.74) is 2.81. The van der Waals surface area contributed by atoms with E-state index >= 15 is 0 Å². The molecule has 2 N–H and O–H groups in total. The molecule has 0 aliphatic carbocycles. The van der Waals surface area contributed by atoms with Gasteiger partial charge in [-0.05, 0) is 56.3 Å². The van der Waals surface area contributed by atoms with Crippen LogP contribution in [0.2, 0.25) is 0 Å². The van der Waals surface area contributed by atoms with Crippen molar-refractivity contribution in [2.45, 2.75) is 20.8 Å². The SMILES string of the molecule is CCOc1ccc(-c2nc(NC(=O)c3cccc(NC(C)=O)c3)sc2C)cc1. The lowest BCUT2D eigenvalue weighted by atomic mass is 10.1. The summed E-state index contributed by atoms with van der Waals surface area (Å²) in [4.78, 5) is 29.3. The summed E-state index contributed by atoms with van der Waals surface area (Å²) < 4.78 is 5.47. The molecule has 7 heteroatoms. The lowest BCUT2D eigenvalue weighted by molar-refractivity contribution is -0.114. The van der Waals surface area contributed by atoms with Crippen LogP contribution in [0.5, 0.6) is 5.75 Å². The monoisotopic (exact) mass is 395 g/mol. The molecule has 2 aromatic carbocycles. The first-order valence-corrected chi connectivity index (χ1v) is 9.67. The molecule has 0 fully saturated rings. The number of benzene rings is 2. The van der Waals surface area contributed by atoms with E-state index in [1.165, 1.54) is 18.3 Å². The Hall–Kier alpha value is -3.19. The van der Waals surface area contributed by atoms with Gasteiger partial charge < -0.3 is 10.1 Å². The minimum atomic E-state index is -0.279. The van der Waals surface area contributed by atoms with Crippen LogP contribution in [0.15, 0.2) is 48.5 Å². The predicted molar refractivity (Wildman–Crippen MR) is 112 cm³/mol. The first-order valence-electron chi connectivity index (χ1n) is 8.86. The minimum absolute atomic E-state index is 0.187. The second-order valence-electron chi connectivity index (χ2n) is 6.10. The van der Waals surface area contributed by atoms with Crippen molar-refractivity contribution in [2.75, 3.05) is 17.2 Å². The second kappa shape index (κ2) is 8.67. The fraction of sp³-hybridized carbons (Fsp3) is 0.190. The van der Waals surface area contributed by atoms with Crippen LogP contribution in [0.1, 0.15) is 29.1 Å². The highest BCUT2D eigenvalue weighted by atomic mass is 32.1. The normalized spacial score (nSPS) is 10.4. The Labute approximate surface area is 167 Å². The van der Waals surface area contributed by atoms with Gasteiger partial charge in [0.25, 0.3) is 5.91 Å². The summed E-state index contributed by atoms with van der Waals surface area (Å²) in [5.74, 6) is 0.346. The van der Waals surface area contributed by atoms with Gasteiger partial charge in [-0.2, -0.15) is 0 Å². The van der Waals surface area contributed by atoms with E-state index < -0.39 is 0 Å². The highest BCUT2D eigenvalue weighted by Gasteiger charge is 2.14. The molecule has 1 heterocycles. The van der Waals surface area contributed by atoms with Gasteiger partial charge in [0.05, 0.1) is 12.3 Å². The number of hydrogen-bond acceptors (Lipinski definition) is 5. The zero-order chi connectivity index (χ0) is 20.1. The summed E-state index contributed by atoms with van der Waals surface area (Å²) >= 11 is 1.42. The Morgan fingerprint density at radius 2 is 1.86 bits per heavy atom. The van der Waals surface area contributed by atoms with Crippen LogP contribution in [0.4, 0.5) is 10.8 Å². The number of nitrogens with one attached hydrogen (secondary N) is 2. The molecule has 0 saturated carbocycles. The first-order chi connectivity index (χ1) is 13.5. The van der Waals surface area contributed by atoms with Crippen molar-refractivity contribution in [1.29, 1.82) is 0 Å². The molecule has 144 valence electrons. The van der Waals surface area contributed by atoms with E-state index in [0.29, 0.717) is 23.0 Å². The highest BCUT2D eigenvalue weighted by Crippen LogP contribution is 2.31. The lowest BCUT2D eigenvalue weighted by Gasteiger charge is -2.05. The molecule has 6 nitrogen and oxygen atoms in total. The molecule has 0 saturated heterocycles. The fourth-order valence-electron chi connectivity index (χ4n) is 2.70. The summed E-state index contributed by atoms with van der Waals surface area (Å²) in [6.07, 6.45) is 0. The number of ether oxygens (including phenoxy) is 1. The quantitative estimate of drug-likeness (QED) is 0.632. The molecule has 0 aliphatic heterocycles. The lowest BCUT2D eigenvalue weighted by Crippen LogP contribution is -2.13. The third-order valence-corrected chi connectivity index (χ3v) is 4.79. The third-order valence-electron chi connectivity index (χ3n) is 3.90. The van der Waals surface area contributed by atoms with Gasteiger partial charge in [-0.25, -0.2) is 4.98 Å². The van der Waals surface area contributed by atoms with Crippen molar-refractivity contribution < 1.29 is 14.3 Å². The molecule has 3 rings (SSSR count). The van der Waals surface area contributed by atoms with Crippen molar-refractivity contribution in [2.24, 2.45) is 0 Å². The molecule has 0 bridgehead atoms. The van der Waals surface area contributed by atoms with Crippen LogP contribution in [-0.4, -0.2) is 23.4 Å². The number of carbonyl (C=O) groups is 2. The summed E-state index contributed by atoms with van der Waals surface area (Å²) in [6, 6.07) is 14.5. The Morgan fingerprint density at radius 3 is 2.54 bits per heavy atom. The van der Waals surface area contributed by atoms with Crippen molar-refractivity contribution in [1.82, 2.24) is 4.98 Å². The van der Waals surface area contributed by atoms with Crippen molar-refractivity contribution in [3.05, 3.63) is 59.0 Å². The van der Waals surface area contributed by atoms with Gasteiger partial charge in [-0.1, -0.05) is 6.07 Å². The van der Waals surface area contributed by atoms with E-state index in [-0.39, 0.29) is 11.8 Å². The van der Waals surface area contributed by atoms with Gasteiger partial charge in [0.15, 0.2) is 5.13 Å². The standard InChI is InChI=1S/C21H21N3O3S/c1-4-27-18-10-8-15(9-11-18)19-13(2)28-21(23-19)24-20(26)16-6-5-7-17(12-16)22-14(3)25/h5-12H,4H2,1-3H3,(H,22,25)(H,23,24,26). The Balaban J connectivity index is 1.76. The Bertz CT molecular complexity index is 996. The van der Waals surface area contributed by atoms with E-state index in [0.717, 1.165) is 21.9 Å². The fourth-order valence-corrected chi connectivity index (χ4v) is 3.54. The molecule has 3 aromatic rings. The van der Waals surface area contributed by atoms with Crippen LogP contribution in [-0.2, 0) is 4.79 Å². The molecule has 0 aliphatic rings. The maximum atomic E-state index is 12.6. The minimum Gasteiger partial charge on any atom is -0.494 e. The Morgan fingerprint density at radius 1 is 1.11 bits per heavy atom. The number of hydrogen-bond donors (Lipinski definition) is 2. The van der Waals surface area contributed by atoms with E-state index in [1.54, 1.807) is 24.3 Å². The van der Waals surface area contributed by atoms with E-state index in [9.17, 15) is 9.59 Å². The van der Waals surface area contributed by atoms with Gasteiger partial charge >= 0.3 is 0 Å². The predicted octanol–water partition coefficient (Wildman–Crippen LogP) is 4.73. The zero-order valence-electron chi connectivity index (χ0n) is 15.9. The molecular formula is C21H21N3O3S. The third kappa shape index (κ3) is 4.75. The maximum absolute atomic E-state index is 12.6. The van der Waals surface area contributed by atoms with Gasteiger partial charge in [-0.3, -0.25) is 14.9 Å². The summed E-state index contributed by atoms with van der Waals surface area (Å²) in [6.45, 7) is 5.96. The van der Waals surface area contributed by atoms with Crippen LogP contribution in [0, 0.1) is 6.92 Å². The largest absolute Gasteiger partial charge is 0.494 e. The molecular weight excluding hydrogens is 374 g/mol. The van der Waals surface area contributed by atoms with E-state index in [2.05, 4.69) is 15.6 Å². The number of aromatic nitrogens is 1.